The van der Waals surface area contributed by atoms with Gasteiger partial charge in [0.25, 0.3) is 0 Å². The molecule has 0 atom stereocenters. The lowest BCUT2D eigenvalue weighted by Crippen LogP contribution is -2.11. The molecule has 8 aromatic rings. The van der Waals surface area contributed by atoms with Gasteiger partial charge in [0.05, 0.1) is 0 Å². The summed E-state index contributed by atoms with van der Waals surface area (Å²) in [5, 5.41) is 8.14. The molecule has 0 heteroatoms. The van der Waals surface area contributed by atoms with Crippen molar-refractivity contribution in [3.05, 3.63) is 174 Å². The monoisotopic (exact) mass is 662 g/mol. The van der Waals surface area contributed by atoms with Gasteiger partial charge in [0, 0.05) is 0 Å². The molecule has 0 bridgehead atoms. The molecule has 0 fully saturated rings. The first-order chi connectivity index (χ1) is 25.5. The van der Waals surface area contributed by atoms with Gasteiger partial charge in [0.15, 0.2) is 0 Å². The van der Waals surface area contributed by atoms with Gasteiger partial charge in [0.2, 0.25) is 0 Å². The summed E-state index contributed by atoms with van der Waals surface area (Å²) < 4.78 is 0. The van der Waals surface area contributed by atoms with Crippen LogP contribution in [-0.2, 0) is 5.41 Å². The molecule has 246 valence electrons. The number of allylic oxidation sites excluding steroid dienone is 4. The van der Waals surface area contributed by atoms with Gasteiger partial charge in [-0.05, 0) is 140 Å². The second-order valence-corrected chi connectivity index (χ2v) is 15.9. The van der Waals surface area contributed by atoms with Crippen LogP contribution < -0.4 is 0 Å². The highest BCUT2D eigenvalue weighted by atomic mass is 14.4. The first kappa shape index (κ1) is 29.7. The topological polar surface area (TPSA) is 0 Å². The lowest BCUT2D eigenvalue weighted by molar-refractivity contribution is 0.591. The van der Waals surface area contributed by atoms with Crippen molar-refractivity contribution in [1.82, 2.24) is 0 Å². The van der Waals surface area contributed by atoms with E-state index in [1.165, 1.54) is 116 Å². The summed E-state index contributed by atoms with van der Waals surface area (Å²) in [6.07, 6.45) is 4.64. The molecule has 0 heterocycles. The Hall–Kier alpha value is -5.98. The quantitative estimate of drug-likeness (QED) is 0.177. The van der Waals surface area contributed by atoms with Crippen molar-refractivity contribution in [3.63, 3.8) is 0 Å². The molecule has 0 radical (unpaired) electrons. The summed E-state index contributed by atoms with van der Waals surface area (Å²) in [7, 11) is 0. The van der Waals surface area contributed by atoms with Gasteiger partial charge >= 0.3 is 0 Å². The Morgan fingerprint density at radius 2 is 1.00 bits per heavy atom. The fourth-order valence-corrected chi connectivity index (χ4v) is 9.68. The van der Waals surface area contributed by atoms with Gasteiger partial charge in [-0.1, -0.05) is 166 Å². The van der Waals surface area contributed by atoms with E-state index in [2.05, 4.69) is 172 Å². The van der Waals surface area contributed by atoms with Crippen molar-refractivity contribution >= 4 is 49.0 Å². The van der Waals surface area contributed by atoms with Gasteiger partial charge in [-0.2, -0.15) is 0 Å². The van der Waals surface area contributed by atoms with Gasteiger partial charge in [-0.3, -0.25) is 0 Å². The van der Waals surface area contributed by atoms with Gasteiger partial charge in [-0.25, -0.2) is 0 Å². The average molecular weight is 663 g/mol. The minimum Gasteiger partial charge on any atom is -0.0622 e. The van der Waals surface area contributed by atoms with Crippen LogP contribution in [0.1, 0.15) is 55.9 Å². The molecule has 0 aliphatic heterocycles. The van der Waals surface area contributed by atoms with Crippen LogP contribution in [0.2, 0.25) is 0 Å². The second-order valence-electron chi connectivity index (χ2n) is 15.9. The average Bonchev–Trinajstić information content (AvgIpc) is 3.68. The highest BCUT2D eigenvalue weighted by Gasteiger charge is 2.33. The highest BCUT2D eigenvalue weighted by Crippen LogP contribution is 2.59. The van der Waals surface area contributed by atoms with Crippen molar-refractivity contribution in [1.29, 1.82) is 0 Å². The molecule has 11 rings (SSSR count). The Bertz CT molecular complexity index is 2800. The number of hydrogen-bond donors (Lipinski definition) is 0. The zero-order chi connectivity index (χ0) is 34.7. The molecule has 0 spiro atoms. The van der Waals surface area contributed by atoms with Crippen LogP contribution in [-0.4, -0.2) is 0 Å². The van der Waals surface area contributed by atoms with E-state index in [1.807, 2.05) is 0 Å². The van der Waals surface area contributed by atoms with Gasteiger partial charge in [-0.15, -0.1) is 0 Å². The zero-order valence-corrected chi connectivity index (χ0v) is 29.8. The maximum Gasteiger partial charge on any atom is -0.000741 e. The lowest BCUT2D eigenvalue weighted by atomic mass is 9.82. The molecule has 0 aromatic heterocycles. The molecule has 8 aromatic carbocycles. The van der Waals surface area contributed by atoms with Crippen LogP contribution in [0, 0.1) is 0 Å². The number of hydrogen-bond acceptors (Lipinski definition) is 0. The summed E-state index contributed by atoms with van der Waals surface area (Å²) in [6, 6.07) is 54.8. The molecule has 3 aliphatic carbocycles. The minimum absolute atomic E-state index is 0.0833. The van der Waals surface area contributed by atoms with E-state index in [1.54, 1.807) is 0 Å². The normalized spacial score (nSPS) is 14.3. The molecular weight excluding hydrogens is 625 g/mol. The van der Waals surface area contributed by atoms with Crippen molar-refractivity contribution in [3.8, 4) is 44.5 Å². The maximum atomic E-state index is 2.55. The summed E-state index contributed by atoms with van der Waals surface area (Å²) in [4.78, 5) is 0. The third kappa shape index (κ3) is 4.10. The van der Waals surface area contributed by atoms with Crippen LogP contribution in [0.15, 0.2) is 152 Å². The van der Waals surface area contributed by atoms with E-state index in [9.17, 15) is 0 Å². The zero-order valence-electron chi connectivity index (χ0n) is 29.8. The Morgan fingerprint density at radius 1 is 0.423 bits per heavy atom. The SMILES string of the molecule is CC(C)(C)c1cc2c3c(cccc3c1)C1=C2C=C(c2ccc3c4c(cccc24)-c2c-3c(-c3ccccc3)c3ccccc3c2-c2ccccc2)CC1. The molecule has 0 saturated carbocycles. The van der Waals surface area contributed by atoms with E-state index < -0.39 is 0 Å². The Balaban J connectivity index is 1.18. The predicted octanol–water partition coefficient (Wildman–Crippen LogP) is 14.5. The molecule has 52 heavy (non-hydrogen) atoms. The third-order valence-electron chi connectivity index (χ3n) is 12.0. The summed E-state index contributed by atoms with van der Waals surface area (Å²) in [5.41, 5.74) is 20.7. The van der Waals surface area contributed by atoms with Crippen molar-refractivity contribution in [2.75, 3.05) is 0 Å². The van der Waals surface area contributed by atoms with E-state index in [4.69, 9.17) is 0 Å². The van der Waals surface area contributed by atoms with Crippen LogP contribution in [0.5, 0.6) is 0 Å². The molecule has 0 amide bonds. The number of rotatable bonds is 3. The summed E-state index contributed by atoms with van der Waals surface area (Å²) >= 11 is 0. The maximum absolute atomic E-state index is 2.55. The Kier molecular flexibility index (Phi) is 6.15. The van der Waals surface area contributed by atoms with Crippen LogP contribution >= 0.6 is 0 Å². The molecule has 3 aliphatic rings. The largest absolute Gasteiger partial charge is 0.0622 e. The second kappa shape index (κ2) is 10.8. The minimum atomic E-state index is 0.0833. The fourth-order valence-electron chi connectivity index (χ4n) is 9.68. The highest BCUT2D eigenvalue weighted by molar-refractivity contribution is 6.28. The van der Waals surface area contributed by atoms with E-state index >= 15 is 0 Å². The van der Waals surface area contributed by atoms with Crippen LogP contribution in [0.25, 0.3) is 93.5 Å². The first-order valence-electron chi connectivity index (χ1n) is 18.7. The lowest BCUT2D eigenvalue weighted by Gasteiger charge is -2.22. The van der Waals surface area contributed by atoms with Gasteiger partial charge in [0.1, 0.15) is 0 Å². The molecule has 0 N–H and O–H groups in total. The smallest absolute Gasteiger partial charge is 0.000741 e. The van der Waals surface area contributed by atoms with Crippen LogP contribution in [0.4, 0.5) is 0 Å². The van der Waals surface area contributed by atoms with Crippen molar-refractivity contribution in [2.45, 2.75) is 39.0 Å². The predicted molar refractivity (Wildman–Crippen MR) is 223 cm³/mol. The Labute approximate surface area is 305 Å². The summed E-state index contributed by atoms with van der Waals surface area (Å²) in [6.45, 7) is 6.99. The standard InChI is InChI=1S/C52H38/c1-52(2,3)35-28-34-18-12-21-39-37-25-24-33(29-44(37)45(30-35)46(34)39)36-26-27-43-49-38(36)22-13-23-42(49)50-47(31-14-6-4-7-15-31)40-19-10-11-20-41(40)48(51(43)50)32-16-8-5-9-17-32/h4-23,26-30H,24-25H2,1-3H3. The molecular formula is C52H38. The number of benzene rings is 8. The third-order valence-corrected chi connectivity index (χ3v) is 12.0. The van der Waals surface area contributed by atoms with E-state index in [0.29, 0.717) is 0 Å². The fraction of sp³-hybridized carbons (Fsp3) is 0.115. The number of fused-ring (bicyclic) bond motifs is 6. The molecule has 0 nitrogen and oxygen atoms in total. The van der Waals surface area contributed by atoms with E-state index in [0.717, 1.165) is 12.8 Å². The van der Waals surface area contributed by atoms with Crippen molar-refractivity contribution in [2.24, 2.45) is 0 Å². The molecule has 0 unspecified atom stereocenters. The van der Waals surface area contributed by atoms with E-state index in [-0.39, 0.29) is 5.41 Å². The summed E-state index contributed by atoms with van der Waals surface area (Å²) in [5.74, 6) is 0. The van der Waals surface area contributed by atoms with Crippen molar-refractivity contribution < 1.29 is 0 Å². The van der Waals surface area contributed by atoms with Crippen LogP contribution in [0.3, 0.4) is 0 Å². The Morgan fingerprint density at radius 3 is 1.67 bits per heavy atom. The van der Waals surface area contributed by atoms with Gasteiger partial charge < -0.3 is 0 Å². The molecule has 0 saturated heterocycles. The first-order valence-corrected chi connectivity index (χ1v) is 18.7.